The number of likely N-dealkylation sites (tertiary alicyclic amines) is 1. The molecule has 1 aliphatic heterocycles. The first-order valence-corrected chi connectivity index (χ1v) is 7.40. The Balaban J connectivity index is 1.87. The molecule has 3 nitrogen and oxygen atoms in total. The highest BCUT2D eigenvalue weighted by molar-refractivity contribution is 4.76. The van der Waals surface area contributed by atoms with Gasteiger partial charge in [-0.2, -0.15) is 0 Å². The summed E-state index contributed by atoms with van der Waals surface area (Å²) < 4.78 is 5.55. The lowest BCUT2D eigenvalue weighted by Gasteiger charge is -2.31. The minimum absolute atomic E-state index is 0.744. The lowest BCUT2D eigenvalue weighted by Crippen LogP contribution is -2.42. The highest BCUT2D eigenvalue weighted by atomic mass is 16.5. The molecule has 3 heteroatoms. The summed E-state index contributed by atoms with van der Waals surface area (Å²) in [7, 11) is 0. The van der Waals surface area contributed by atoms with Crippen LogP contribution in [0, 0.1) is 0 Å². The topological polar surface area (TPSA) is 24.5 Å². The van der Waals surface area contributed by atoms with E-state index in [1.165, 1.54) is 45.3 Å². The van der Waals surface area contributed by atoms with Crippen molar-refractivity contribution in [1.29, 1.82) is 0 Å². The van der Waals surface area contributed by atoms with Crippen LogP contribution in [0.2, 0.25) is 0 Å². The maximum atomic E-state index is 5.55. The Morgan fingerprint density at radius 3 is 2.47 bits per heavy atom. The van der Waals surface area contributed by atoms with Crippen LogP contribution in [-0.4, -0.2) is 50.3 Å². The number of rotatable bonds is 9. The number of unbranched alkanes of at least 4 members (excludes halogenated alkanes) is 1. The summed E-state index contributed by atoms with van der Waals surface area (Å²) in [6.45, 7) is 11.2. The first-order chi connectivity index (χ1) is 8.36. The van der Waals surface area contributed by atoms with Gasteiger partial charge < -0.3 is 15.0 Å². The largest absolute Gasteiger partial charge is 0.381 e. The summed E-state index contributed by atoms with van der Waals surface area (Å²) in [4.78, 5) is 2.53. The van der Waals surface area contributed by atoms with Gasteiger partial charge in [0.25, 0.3) is 0 Å². The number of nitrogens with zero attached hydrogens (tertiary/aromatic N) is 1. The Morgan fingerprint density at radius 2 is 1.82 bits per heavy atom. The molecule has 0 aromatic carbocycles. The SMILES string of the molecule is CCCCOCCCNC1CCN(CC)CC1. The van der Waals surface area contributed by atoms with Crippen molar-refractivity contribution in [2.24, 2.45) is 0 Å². The molecule has 0 spiro atoms. The summed E-state index contributed by atoms with van der Waals surface area (Å²) in [5.41, 5.74) is 0. The maximum Gasteiger partial charge on any atom is 0.0478 e. The van der Waals surface area contributed by atoms with Crippen molar-refractivity contribution in [1.82, 2.24) is 10.2 Å². The third-order valence-corrected chi connectivity index (χ3v) is 3.58. The van der Waals surface area contributed by atoms with E-state index in [1.54, 1.807) is 0 Å². The Kier molecular flexibility index (Phi) is 8.67. The van der Waals surface area contributed by atoms with Gasteiger partial charge in [-0.1, -0.05) is 20.3 Å². The molecule has 17 heavy (non-hydrogen) atoms. The van der Waals surface area contributed by atoms with E-state index in [9.17, 15) is 0 Å². The Morgan fingerprint density at radius 1 is 1.12 bits per heavy atom. The smallest absolute Gasteiger partial charge is 0.0478 e. The molecule has 1 aliphatic rings. The molecule has 0 aliphatic carbocycles. The number of ether oxygens (including phenoxy) is 1. The first-order valence-electron chi connectivity index (χ1n) is 7.40. The van der Waals surface area contributed by atoms with Crippen molar-refractivity contribution >= 4 is 0 Å². The van der Waals surface area contributed by atoms with E-state index in [2.05, 4.69) is 24.1 Å². The van der Waals surface area contributed by atoms with Gasteiger partial charge in [0.15, 0.2) is 0 Å². The van der Waals surface area contributed by atoms with Gasteiger partial charge in [-0.15, -0.1) is 0 Å². The van der Waals surface area contributed by atoms with Crippen LogP contribution < -0.4 is 5.32 Å². The summed E-state index contributed by atoms with van der Waals surface area (Å²) in [6, 6.07) is 0.744. The van der Waals surface area contributed by atoms with Crippen LogP contribution >= 0.6 is 0 Å². The molecule has 1 heterocycles. The predicted octanol–water partition coefficient (Wildman–Crippen LogP) is 2.27. The highest BCUT2D eigenvalue weighted by Crippen LogP contribution is 2.09. The van der Waals surface area contributed by atoms with Gasteiger partial charge >= 0.3 is 0 Å². The fourth-order valence-electron chi connectivity index (χ4n) is 2.28. The molecule has 1 rings (SSSR count). The molecule has 0 radical (unpaired) electrons. The minimum Gasteiger partial charge on any atom is -0.381 e. The third-order valence-electron chi connectivity index (χ3n) is 3.58. The average Bonchev–Trinajstić information content (AvgIpc) is 2.38. The van der Waals surface area contributed by atoms with E-state index in [1.807, 2.05) is 0 Å². The zero-order valence-corrected chi connectivity index (χ0v) is 11.7. The normalized spacial score (nSPS) is 18.7. The molecule has 102 valence electrons. The van der Waals surface area contributed by atoms with E-state index in [0.29, 0.717) is 0 Å². The van der Waals surface area contributed by atoms with Gasteiger partial charge in [0.05, 0.1) is 0 Å². The van der Waals surface area contributed by atoms with Crippen molar-refractivity contribution < 1.29 is 4.74 Å². The van der Waals surface area contributed by atoms with E-state index < -0.39 is 0 Å². The van der Waals surface area contributed by atoms with Crippen molar-refractivity contribution in [2.45, 2.75) is 52.0 Å². The standard InChI is InChI=1S/C14H30N2O/c1-3-5-12-17-13-6-9-15-14-7-10-16(4-2)11-8-14/h14-15H,3-13H2,1-2H3. The summed E-state index contributed by atoms with van der Waals surface area (Å²) >= 11 is 0. The van der Waals surface area contributed by atoms with Crippen molar-refractivity contribution in [3.63, 3.8) is 0 Å². The molecule has 0 amide bonds. The minimum atomic E-state index is 0.744. The Hall–Kier alpha value is -0.120. The van der Waals surface area contributed by atoms with Gasteiger partial charge in [0.1, 0.15) is 0 Å². The van der Waals surface area contributed by atoms with Crippen LogP contribution in [0.25, 0.3) is 0 Å². The summed E-state index contributed by atoms with van der Waals surface area (Å²) in [5.74, 6) is 0. The van der Waals surface area contributed by atoms with Crippen molar-refractivity contribution in [3.05, 3.63) is 0 Å². The van der Waals surface area contributed by atoms with Crippen LogP contribution in [0.5, 0.6) is 0 Å². The van der Waals surface area contributed by atoms with E-state index in [-0.39, 0.29) is 0 Å². The number of nitrogens with one attached hydrogen (secondary N) is 1. The fraction of sp³-hybridized carbons (Fsp3) is 1.00. The molecule has 1 saturated heterocycles. The maximum absolute atomic E-state index is 5.55. The van der Waals surface area contributed by atoms with E-state index in [4.69, 9.17) is 4.74 Å². The van der Waals surface area contributed by atoms with Gasteiger partial charge in [-0.3, -0.25) is 0 Å². The molecular formula is C14H30N2O. The van der Waals surface area contributed by atoms with Crippen LogP contribution in [0.1, 0.15) is 46.0 Å². The Labute approximate surface area is 107 Å². The summed E-state index contributed by atoms with van der Waals surface area (Å²) in [6.07, 6.45) is 6.20. The van der Waals surface area contributed by atoms with Crippen LogP contribution in [0.4, 0.5) is 0 Å². The zero-order valence-electron chi connectivity index (χ0n) is 11.7. The second-order valence-corrected chi connectivity index (χ2v) is 4.98. The van der Waals surface area contributed by atoms with Crippen LogP contribution in [0.15, 0.2) is 0 Å². The molecule has 1 fully saturated rings. The molecule has 0 saturated carbocycles. The van der Waals surface area contributed by atoms with Crippen molar-refractivity contribution in [3.8, 4) is 0 Å². The van der Waals surface area contributed by atoms with E-state index >= 15 is 0 Å². The van der Waals surface area contributed by atoms with Gasteiger partial charge in [0, 0.05) is 19.3 Å². The fourth-order valence-corrected chi connectivity index (χ4v) is 2.28. The van der Waals surface area contributed by atoms with Crippen molar-refractivity contribution in [2.75, 3.05) is 39.4 Å². The van der Waals surface area contributed by atoms with E-state index in [0.717, 1.165) is 32.2 Å². The van der Waals surface area contributed by atoms with Gasteiger partial charge in [0.2, 0.25) is 0 Å². The number of hydrogen-bond acceptors (Lipinski definition) is 3. The quantitative estimate of drug-likeness (QED) is 0.628. The number of hydrogen-bond donors (Lipinski definition) is 1. The lowest BCUT2D eigenvalue weighted by molar-refractivity contribution is 0.126. The molecule has 0 aromatic rings. The molecule has 0 aromatic heterocycles. The second kappa shape index (κ2) is 9.86. The molecule has 0 atom stereocenters. The highest BCUT2D eigenvalue weighted by Gasteiger charge is 2.16. The molecule has 1 N–H and O–H groups in total. The summed E-state index contributed by atoms with van der Waals surface area (Å²) in [5, 5.41) is 3.65. The Bertz CT molecular complexity index is 168. The van der Waals surface area contributed by atoms with Gasteiger partial charge in [-0.05, 0) is 51.9 Å². The monoisotopic (exact) mass is 242 g/mol. The zero-order chi connectivity index (χ0) is 12.3. The van der Waals surface area contributed by atoms with Crippen LogP contribution in [-0.2, 0) is 4.74 Å². The molecular weight excluding hydrogens is 212 g/mol. The van der Waals surface area contributed by atoms with Crippen LogP contribution in [0.3, 0.4) is 0 Å². The average molecular weight is 242 g/mol. The first kappa shape index (κ1) is 14.9. The third kappa shape index (κ3) is 7.02. The second-order valence-electron chi connectivity index (χ2n) is 4.98. The molecule has 0 unspecified atom stereocenters. The lowest BCUT2D eigenvalue weighted by atomic mass is 10.1. The van der Waals surface area contributed by atoms with Gasteiger partial charge in [-0.25, -0.2) is 0 Å². The predicted molar refractivity (Wildman–Crippen MR) is 73.5 cm³/mol. The molecule has 0 bridgehead atoms. The number of piperidine rings is 1.